The molecular formula is C26H41NO9S. The van der Waals surface area contributed by atoms with Gasteiger partial charge in [0, 0.05) is 39.8 Å². The van der Waals surface area contributed by atoms with Crippen LogP contribution in [0.2, 0.25) is 0 Å². The summed E-state index contributed by atoms with van der Waals surface area (Å²) in [6.07, 6.45) is 7.49. The van der Waals surface area contributed by atoms with Crippen molar-refractivity contribution in [3.63, 3.8) is 0 Å². The second-order valence-electron chi connectivity index (χ2n) is 10.1. The average molecular weight is 544 g/mol. The van der Waals surface area contributed by atoms with E-state index < -0.39 is 53.7 Å². The fourth-order valence-corrected chi connectivity index (χ4v) is 7.06. The van der Waals surface area contributed by atoms with Crippen LogP contribution in [0, 0.1) is 0 Å². The summed E-state index contributed by atoms with van der Waals surface area (Å²) >= 11 is 1.51. The highest BCUT2D eigenvalue weighted by Crippen LogP contribution is 2.42. The van der Waals surface area contributed by atoms with Gasteiger partial charge >= 0.3 is 23.9 Å². The Kier molecular flexibility index (Phi) is 11.5. The maximum Gasteiger partial charge on any atom is 0.303 e. The molecule has 210 valence electrons. The Morgan fingerprint density at radius 3 is 1.73 bits per heavy atom. The Morgan fingerprint density at radius 2 is 1.27 bits per heavy atom. The first kappa shape index (κ1) is 29.7. The van der Waals surface area contributed by atoms with Gasteiger partial charge in [-0.05, 0) is 37.6 Å². The summed E-state index contributed by atoms with van der Waals surface area (Å²) in [6.45, 7) is 4.75. The van der Waals surface area contributed by atoms with Crippen LogP contribution in [0.1, 0.15) is 91.9 Å². The van der Waals surface area contributed by atoms with Gasteiger partial charge in [-0.1, -0.05) is 38.5 Å². The van der Waals surface area contributed by atoms with Crippen LogP contribution in [-0.4, -0.2) is 76.7 Å². The predicted octanol–water partition coefficient (Wildman–Crippen LogP) is 3.69. The van der Waals surface area contributed by atoms with Crippen molar-refractivity contribution in [2.24, 2.45) is 0 Å². The summed E-state index contributed by atoms with van der Waals surface area (Å²) in [7, 11) is 0. The van der Waals surface area contributed by atoms with Crippen LogP contribution in [-0.2, 0) is 42.9 Å². The molecule has 0 unspecified atom stereocenters. The van der Waals surface area contributed by atoms with Crippen LogP contribution in [0.15, 0.2) is 0 Å². The quantitative estimate of drug-likeness (QED) is 0.228. The van der Waals surface area contributed by atoms with Gasteiger partial charge in [-0.2, -0.15) is 0 Å². The summed E-state index contributed by atoms with van der Waals surface area (Å²) in [5.41, 5.74) is -0.697. The lowest BCUT2D eigenvalue weighted by Gasteiger charge is -2.42. The second kappa shape index (κ2) is 14.3. The van der Waals surface area contributed by atoms with Gasteiger partial charge in [0.15, 0.2) is 23.7 Å². The molecule has 1 saturated heterocycles. The number of carbonyl (C=O) groups excluding carboxylic acids is 4. The summed E-state index contributed by atoms with van der Waals surface area (Å²) in [5.74, 6) is -2.29. The molecule has 11 heteroatoms. The van der Waals surface area contributed by atoms with E-state index >= 15 is 0 Å². The highest BCUT2D eigenvalue weighted by Gasteiger charge is 2.54. The van der Waals surface area contributed by atoms with Crippen molar-refractivity contribution in [3.8, 4) is 0 Å². The van der Waals surface area contributed by atoms with Gasteiger partial charge in [0.25, 0.3) is 0 Å². The molecule has 0 bridgehead atoms. The molecule has 1 heterocycles. The van der Waals surface area contributed by atoms with Crippen molar-refractivity contribution in [3.05, 3.63) is 0 Å². The maximum absolute atomic E-state index is 12.1. The zero-order chi connectivity index (χ0) is 26.9. The number of ether oxygens (including phenoxy) is 5. The van der Waals surface area contributed by atoms with Gasteiger partial charge < -0.3 is 23.7 Å². The minimum atomic E-state index is -1.05. The van der Waals surface area contributed by atoms with Gasteiger partial charge in [-0.25, -0.2) is 4.31 Å². The molecule has 0 spiro atoms. The summed E-state index contributed by atoms with van der Waals surface area (Å²) in [6, 6.07) is 0.750. The first-order valence-electron chi connectivity index (χ1n) is 13.4. The standard InChI is InChI=1S/C26H41NO9S/c1-16(28)32-15-22(33-17(2)29)23-24(34-18(3)30)25(35-19(4)31)26(36-23)37-27(20-11-7-5-8-12-20)21-13-9-6-10-14-21/h20-26H,5-15H2,1-4H3/t22-,23+,24+,25-,26+/m1/s1. The monoisotopic (exact) mass is 543 g/mol. The summed E-state index contributed by atoms with van der Waals surface area (Å²) in [4.78, 5) is 47.6. The van der Waals surface area contributed by atoms with Crippen molar-refractivity contribution >= 4 is 35.8 Å². The third kappa shape index (κ3) is 8.85. The Morgan fingerprint density at radius 1 is 0.757 bits per heavy atom. The molecule has 5 atom stereocenters. The number of rotatable bonds is 10. The first-order chi connectivity index (χ1) is 17.7. The second-order valence-corrected chi connectivity index (χ2v) is 11.2. The normalized spacial score (nSPS) is 27.9. The minimum Gasteiger partial charge on any atom is -0.462 e. The highest BCUT2D eigenvalue weighted by molar-refractivity contribution is 7.97. The van der Waals surface area contributed by atoms with E-state index in [0.29, 0.717) is 12.1 Å². The van der Waals surface area contributed by atoms with Crippen molar-refractivity contribution in [2.75, 3.05) is 6.61 Å². The molecular weight excluding hydrogens is 502 g/mol. The fraction of sp³-hybridized carbons (Fsp3) is 0.846. The lowest BCUT2D eigenvalue weighted by Crippen LogP contribution is -2.47. The molecule has 10 nitrogen and oxygen atoms in total. The SMILES string of the molecule is CC(=O)OC[C@@H](OC(C)=O)[C@@H]1O[C@@H](SN(C2CCCCC2)C2CCCCC2)[C@H](OC(C)=O)[C@H]1OC(C)=O. The van der Waals surface area contributed by atoms with Crippen LogP contribution < -0.4 is 0 Å². The van der Waals surface area contributed by atoms with E-state index in [9.17, 15) is 19.2 Å². The maximum atomic E-state index is 12.1. The molecule has 37 heavy (non-hydrogen) atoms. The molecule has 3 fully saturated rings. The lowest BCUT2D eigenvalue weighted by atomic mass is 9.91. The molecule has 3 aliphatic rings. The van der Waals surface area contributed by atoms with E-state index in [1.165, 1.54) is 78.2 Å². The third-order valence-corrected chi connectivity index (χ3v) is 8.47. The van der Waals surface area contributed by atoms with Gasteiger partial charge in [-0.3, -0.25) is 19.2 Å². The molecule has 0 aromatic rings. The molecule has 0 radical (unpaired) electrons. The van der Waals surface area contributed by atoms with E-state index in [4.69, 9.17) is 23.7 Å². The Bertz CT molecular complexity index is 779. The molecule has 0 amide bonds. The lowest BCUT2D eigenvalue weighted by molar-refractivity contribution is -0.176. The smallest absolute Gasteiger partial charge is 0.303 e. The summed E-state index contributed by atoms with van der Waals surface area (Å²) < 4.78 is 30.7. The van der Waals surface area contributed by atoms with Crippen LogP contribution in [0.4, 0.5) is 0 Å². The zero-order valence-corrected chi connectivity index (χ0v) is 23.2. The molecule has 3 rings (SSSR count). The van der Waals surface area contributed by atoms with Crippen LogP contribution in [0.5, 0.6) is 0 Å². The van der Waals surface area contributed by atoms with Crippen LogP contribution >= 0.6 is 11.9 Å². The van der Waals surface area contributed by atoms with E-state index in [1.807, 2.05) is 0 Å². The van der Waals surface area contributed by atoms with Gasteiger partial charge in [0.1, 0.15) is 12.7 Å². The van der Waals surface area contributed by atoms with Crippen molar-refractivity contribution in [2.45, 2.75) is 134 Å². The van der Waals surface area contributed by atoms with Crippen molar-refractivity contribution in [1.29, 1.82) is 0 Å². The number of nitrogens with zero attached hydrogens (tertiary/aromatic N) is 1. The van der Waals surface area contributed by atoms with Crippen molar-refractivity contribution in [1.82, 2.24) is 4.31 Å². The van der Waals surface area contributed by atoms with Gasteiger partial charge in [0.05, 0.1) is 0 Å². The molecule has 0 aromatic heterocycles. The Hall–Kier alpha value is -1.85. The summed E-state index contributed by atoms with van der Waals surface area (Å²) in [5, 5.41) is 0. The molecule has 1 aliphatic heterocycles. The van der Waals surface area contributed by atoms with E-state index in [-0.39, 0.29) is 6.61 Å². The number of hydrogen-bond donors (Lipinski definition) is 0. The number of esters is 4. The fourth-order valence-electron chi connectivity index (χ4n) is 5.55. The van der Waals surface area contributed by atoms with Gasteiger partial charge in [0.2, 0.25) is 0 Å². The topological polar surface area (TPSA) is 118 Å². The highest BCUT2D eigenvalue weighted by atomic mass is 32.2. The van der Waals surface area contributed by atoms with Crippen LogP contribution in [0.25, 0.3) is 0 Å². The molecule has 2 saturated carbocycles. The first-order valence-corrected chi connectivity index (χ1v) is 14.2. The number of hydrogen-bond acceptors (Lipinski definition) is 11. The average Bonchev–Trinajstić information content (AvgIpc) is 3.16. The molecule has 2 aliphatic carbocycles. The largest absolute Gasteiger partial charge is 0.462 e. The minimum absolute atomic E-state index is 0.281. The molecule has 0 aromatic carbocycles. The Labute approximate surface area is 223 Å². The van der Waals surface area contributed by atoms with E-state index in [1.54, 1.807) is 0 Å². The van der Waals surface area contributed by atoms with E-state index in [0.717, 1.165) is 25.7 Å². The zero-order valence-electron chi connectivity index (χ0n) is 22.3. The van der Waals surface area contributed by atoms with Gasteiger partial charge in [-0.15, -0.1) is 0 Å². The molecule has 0 N–H and O–H groups in total. The Balaban J connectivity index is 1.91. The number of carbonyl (C=O) groups is 4. The third-order valence-electron chi connectivity index (χ3n) is 7.04. The van der Waals surface area contributed by atoms with E-state index in [2.05, 4.69) is 4.31 Å². The van der Waals surface area contributed by atoms with Crippen LogP contribution in [0.3, 0.4) is 0 Å². The van der Waals surface area contributed by atoms with Crippen molar-refractivity contribution < 1.29 is 42.9 Å². The predicted molar refractivity (Wildman–Crippen MR) is 135 cm³/mol.